The van der Waals surface area contributed by atoms with Gasteiger partial charge in [0, 0.05) is 10.4 Å². The fraction of sp³-hybridized carbons (Fsp3) is 0.158. The van der Waals surface area contributed by atoms with Crippen LogP contribution in [0.3, 0.4) is 0 Å². The summed E-state index contributed by atoms with van der Waals surface area (Å²) < 4.78 is 10.9. The highest BCUT2D eigenvalue weighted by Gasteiger charge is 2.16. The van der Waals surface area contributed by atoms with Crippen molar-refractivity contribution in [2.24, 2.45) is 0 Å². The highest BCUT2D eigenvalue weighted by atomic mass is 35.5. The Morgan fingerprint density at radius 3 is 2.76 bits per heavy atom. The molecule has 0 aliphatic rings. The van der Waals surface area contributed by atoms with Crippen LogP contribution in [-0.4, -0.2) is 17.6 Å². The highest BCUT2D eigenvalue weighted by Crippen LogP contribution is 2.35. The largest absolute Gasteiger partial charge is 0.488 e. The van der Waals surface area contributed by atoms with Crippen LogP contribution in [0.1, 0.15) is 23.0 Å². The monoisotopic (exact) mass is 373 g/mol. The molecule has 0 aliphatic carbocycles. The normalized spacial score (nSPS) is 10.5. The van der Waals surface area contributed by atoms with Crippen molar-refractivity contribution in [3.05, 3.63) is 70.2 Å². The van der Waals surface area contributed by atoms with Crippen molar-refractivity contribution in [2.75, 3.05) is 6.61 Å². The van der Waals surface area contributed by atoms with Crippen LogP contribution in [0.5, 0.6) is 5.75 Å². The van der Waals surface area contributed by atoms with E-state index in [1.807, 2.05) is 36.4 Å². The SMILES string of the molecule is CCOC(=O)c1csc(-c2cc(Cl)ccc2OCc2ccccc2)n1. The summed E-state index contributed by atoms with van der Waals surface area (Å²) in [5, 5.41) is 2.92. The Morgan fingerprint density at radius 1 is 1.20 bits per heavy atom. The maximum atomic E-state index is 11.8. The predicted molar refractivity (Wildman–Crippen MR) is 99.3 cm³/mol. The smallest absolute Gasteiger partial charge is 0.357 e. The van der Waals surface area contributed by atoms with Crippen LogP contribution < -0.4 is 4.74 Å². The first-order chi connectivity index (χ1) is 12.2. The van der Waals surface area contributed by atoms with E-state index in [1.165, 1.54) is 11.3 Å². The summed E-state index contributed by atoms with van der Waals surface area (Å²) in [6.45, 7) is 2.51. The molecular weight excluding hydrogens is 358 g/mol. The first kappa shape index (κ1) is 17.5. The molecule has 0 saturated carbocycles. The van der Waals surface area contributed by atoms with E-state index in [0.717, 1.165) is 11.1 Å². The molecule has 0 amide bonds. The molecule has 0 bridgehead atoms. The Hall–Kier alpha value is -2.37. The van der Waals surface area contributed by atoms with Gasteiger partial charge in [-0.3, -0.25) is 0 Å². The number of benzene rings is 2. The predicted octanol–water partition coefficient (Wildman–Crippen LogP) is 5.22. The van der Waals surface area contributed by atoms with E-state index in [0.29, 0.717) is 29.0 Å². The molecular formula is C19H16ClNO3S. The number of ether oxygens (including phenoxy) is 2. The van der Waals surface area contributed by atoms with E-state index in [4.69, 9.17) is 21.1 Å². The molecule has 1 aromatic heterocycles. The first-order valence-corrected chi connectivity index (χ1v) is 9.02. The van der Waals surface area contributed by atoms with E-state index in [9.17, 15) is 4.79 Å². The van der Waals surface area contributed by atoms with Crippen LogP contribution in [-0.2, 0) is 11.3 Å². The van der Waals surface area contributed by atoms with Crippen LogP contribution in [0.15, 0.2) is 53.9 Å². The van der Waals surface area contributed by atoms with E-state index < -0.39 is 5.97 Å². The second-order valence-electron chi connectivity index (χ2n) is 5.17. The zero-order chi connectivity index (χ0) is 17.6. The molecule has 1 heterocycles. The third-order valence-electron chi connectivity index (χ3n) is 3.40. The summed E-state index contributed by atoms with van der Waals surface area (Å²) in [5.41, 5.74) is 2.11. The van der Waals surface area contributed by atoms with E-state index in [2.05, 4.69) is 4.98 Å². The van der Waals surface area contributed by atoms with Crippen molar-refractivity contribution in [1.29, 1.82) is 0 Å². The summed E-state index contributed by atoms with van der Waals surface area (Å²) in [5.74, 6) is 0.233. The van der Waals surface area contributed by atoms with Gasteiger partial charge in [-0.15, -0.1) is 11.3 Å². The quantitative estimate of drug-likeness (QED) is 0.556. The molecule has 0 saturated heterocycles. The van der Waals surface area contributed by atoms with Crippen LogP contribution >= 0.6 is 22.9 Å². The van der Waals surface area contributed by atoms with Gasteiger partial charge in [0.25, 0.3) is 0 Å². The van der Waals surface area contributed by atoms with Gasteiger partial charge in [-0.25, -0.2) is 9.78 Å². The molecule has 0 radical (unpaired) electrons. The van der Waals surface area contributed by atoms with Crippen LogP contribution in [0, 0.1) is 0 Å². The Kier molecular flexibility index (Phi) is 5.68. The van der Waals surface area contributed by atoms with Gasteiger partial charge in [-0.1, -0.05) is 41.9 Å². The van der Waals surface area contributed by atoms with Crippen LogP contribution in [0.25, 0.3) is 10.6 Å². The second kappa shape index (κ2) is 8.14. The number of nitrogens with zero attached hydrogens (tertiary/aromatic N) is 1. The fourth-order valence-electron chi connectivity index (χ4n) is 2.23. The van der Waals surface area contributed by atoms with E-state index in [-0.39, 0.29) is 5.69 Å². The molecule has 3 aromatic rings. The molecule has 2 aromatic carbocycles. The third-order valence-corrected chi connectivity index (χ3v) is 4.51. The lowest BCUT2D eigenvalue weighted by Gasteiger charge is -2.10. The fourth-order valence-corrected chi connectivity index (χ4v) is 3.21. The van der Waals surface area contributed by atoms with Crippen LogP contribution in [0.4, 0.5) is 0 Å². The van der Waals surface area contributed by atoms with Gasteiger partial charge in [-0.05, 0) is 30.7 Å². The number of hydrogen-bond acceptors (Lipinski definition) is 5. The number of carbonyl (C=O) groups excluding carboxylic acids is 1. The van der Waals surface area contributed by atoms with Crippen molar-refractivity contribution < 1.29 is 14.3 Å². The molecule has 25 heavy (non-hydrogen) atoms. The summed E-state index contributed by atoms with van der Waals surface area (Å²) in [4.78, 5) is 16.2. The van der Waals surface area contributed by atoms with Crippen molar-refractivity contribution in [2.45, 2.75) is 13.5 Å². The van der Waals surface area contributed by atoms with Gasteiger partial charge in [-0.2, -0.15) is 0 Å². The summed E-state index contributed by atoms with van der Waals surface area (Å²) >= 11 is 7.48. The van der Waals surface area contributed by atoms with Crippen molar-refractivity contribution >= 4 is 28.9 Å². The van der Waals surface area contributed by atoms with Crippen molar-refractivity contribution in [1.82, 2.24) is 4.98 Å². The minimum atomic E-state index is -0.432. The number of esters is 1. The van der Waals surface area contributed by atoms with Gasteiger partial charge in [0.05, 0.1) is 12.2 Å². The molecule has 0 unspecified atom stereocenters. The molecule has 0 spiro atoms. The Bertz CT molecular complexity index is 864. The zero-order valence-electron chi connectivity index (χ0n) is 13.6. The van der Waals surface area contributed by atoms with Gasteiger partial charge in [0.1, 0.15) is 17.4 Å². The molecule has 0 aliphatic heterocycles. The number of halogens is 1. The second-order valence-corrected chi connectivity index (χ2v) is 6.47. The maximum absolute atomic E-state index is 11.8. The average molecular weight is 374 g/mol. The van der Waals surface area contributed by atoms with Gasteiger partial charge in [0.2, 0.25) is 0 Å². The first-order valence-electron chi connectivity index (χ1n) is 7.76. The number of hydrogen-bond donors (Lipinski definition) is 0. The zero-order valence-corrected chi connectivity index (χ0v) is 15.1. The van der Waals surface area contributed by atoms with Crippen molar-refractivity contribution in [3.8, 4) is 16.3 Å². The van der Waals surface area contributed by atoms with E-state index in [1.54, 1.807) is 24.4 Å². The lowest BCUT2D eigenvalue weighted by Crippen LogP contribution is -2.04. The molecule has 128 valence electrons. The standard InChI is InChI=1S/C19H16ClNO3S/c1-2-23-19(22)16-12-25-18(21-16)15-10-14(20)8-9-17(15)24-11-13-6-4-3-5-7-13/h3-10,12H,2,11H2,1H3. The summed E-state index contributed by atoms with van der Waals surface area (Å²) in [7, 11) is 0. The van der Waals surface area contributed by atoms with E-state index >= 15 is 0 Å². The number of rotatable bonds is 6. The average Bonchev–Trinajstić information content (AvgIpc) is 3.12. The minimum absolute atomic E-state index is 0.288. The topological polar surface area (TPSA) is 48.4 Å². The van der Waals surface area contributed by atoms with Gasteiger partial charge in [0.15, 0.2) is 5.69 Å². The maximum Gasteiger partial charge on any atom is 0.357 e. The molecule has 0 N–H and O–H groups in total. The lowest BCUT2D eigenvalue weighted by molar-refractivity contribution is 0.0520. The lowest BCUT2D eigenvalue weighted by atomic mass is 10.2. The van der Waals surface area contributed by atoms with Gasteiger partial charge < -0.3 is 9.47 Å². The molecule has 0 fully saturated rings. The Balaban J connectivity index is 1.85. The number of thiazole rings is 1. The van der Waals surface area contributed by atoms with Crippen LogP contribution in [0.2, 0.25) is 5.02 Å². The molecule has 6 heteroatoms. The summed E-state index contributed by atoms with van der Waals surface area (Å²) in [6, 6.07) is 15.3. The highest BCUT2D eigenvalue weighted by molar-refractivity contribution is 7.13. The molecule has 4 nitrogen and oxygen atoms in total. The minimum Gasteiger partial charge on any atom is -0.488 e. The van der Waals surface area contributed by atoms with Crippen molar-refractivity contribution in [3.63, 3.8) is 0 Å². The Labute approximate surface area is 155 Å². The molecule has 0 atom stereocenters. The molecule has 3 rings (SSSR count). The summed E-state index contributed by atoms with van der Waals surface area (Å²) in [6.07, 6.45) is 0. The number of aromatic nitrogens is 1. The number of carbonyl (C=O) groups is 1. The third kappa shape index (κ3) is 4.38. The Morgan fingerprint density at radius 2 is 2.00 bits per heavy atom. The van der Waals surface area contributed by atoms with Gasteiger partial charge >= 0.3 is 5.97 Å².